The van der Waals surface area contributed by atoms with Crippen LogP contribution in [0.2, 0.25) is 0 Å². The van der Waals surface area contributed by atoms with Crippen molar-refractivity contribution in [2.24, 2.45) is 0 Å². The highest BCUT2D eigenvalue weighted by Gasteiger charge is 2.40. The van der Waals surface area contributed by atoms with E-state index in [1.165, 1.54) is 11.6 Å². The van der Waals surface area contributed by atoms with E-state index in [1.807, 2.05) is 0 Å². The van der Waals surface area contributed by atoms with E-state index in [-0.39, 0.29) is 17.9 Å². The lowest BCUT2D eigenvalue weighted by molar-refractivity contribution is -0.141. The molecule has 0 bridgehead atoms. The Morgan fingerprint density at radius 2 is 1.80 bits per heavy atom. The number of nitrogens with one attached hydrogen (secondary N) is 1. The van der Waals surface area contributed by atoms with E-state index in [9.17, 15) is 31.9 Å². The first-order valence-corrected chi connectivity index (χ1v) is 12.3. The maximum Gasteiger partial charge on any atom is 0.434 e. The summed E-state index contributed by atoms with van der Waals surface area (Å²) in [4.78, 5) is 54.7. The third-order valence-corrected chi connectivity index (χ3v) is 6.53. The Balaban J connectivity index is 1.39. The van der Waals surface area contributed by atoms with Crippen molar-refractivity contribution in [3.05, 3.63) is 60.2 Å². The van der Waals surface area contributed by atoms with Crippen molar-refractivity contribution in [2.45, 2.75) is 45.2 Å². The molecule has 0 spiro atoms. The van der Waals surface area contributed by atoms with E-state index in [2.05, 4.69) is 30.4 Å². The van der Waals surface area contributed by atoms with E-state index in [4.69, 9.17) is 0 Å². The van der Waals surface area contributed by atoms with Gasteiger partial charge in [-0.05, 0) is 24.6 Å². The highest BCUT2D eigenvalue weighted by Crippen LogP contribution is 2.29. The van der Waals surface area contributed by atoms with Gasteiger partial charge < -0.3 is 10.2 Å². The number of carbonyl (C=O) groups excluding carboxylic acids is 3. The van der Waals surface area contributed by atoms with Crippen molar-refractivity contribution in [1.82, 2.24) is 34.6 Å². The number of benzene rings is 1. The molecule has 1 N–H and O–H groups in total. The minimum absolute atomic E-state index is 0.116. The predicted molar refractivity (Wildman–Crippen MR) is 136 cm³/mol. The number of likely N-dealkylation sites (tertiary alicyclic amines) is 1. The Labute approximate surface area is 229 Å². The average molecular weight is 571 g/mol. The Hall–Kier alpha value is -4.82. The molecule has 1 aromatic carbocycles. The van der Waals surface area contributed by atoms with Gasteiger partial charge in [-0.15, -0.1) is 0 Å². The van der Waals surface area contributed by atoms with E-state index < -0.39 is 54.8 Å². The molecule has 4 aromatic rings. The van der Waals surface area contributed by atoms with Gasteiger partial charge in [0.1, 0.15) is 30.3 Å². The second kappa shape index (κ2) is 10.6. The molecule has 15 heteroatoms. The van der Waals surface area contributed by atoms with Crippen LogP contribution < -0.4 is 5.32 Å². The summed E-state index contributed by atoms with van der Waals surface area (Å²) >= 11 is 0. The molecule has 0 saturated carbocycles. The number of hydrogen-bond donors (Lipinski definition) is 1. The van der Waals surface area contributed by atoms with E-state index >= 15 is 0 Å². The topological polar surface area (TPSA) is 136 Å². The number of rotatable bonds is 6. The van der Waals surface area contributed by atoms with Gasteiger partial charge in [-0.2, -0.15) is 18.3 Å². The van der Waals surface area contributed by atoms with Crippen LogP contribution in [0, 0.1) is 6.92 Å². The Morgan fingerprint density at radius 3 is 2.49 bits per heavy atom. The first kappa shape index (κ1) is 27.7. The number of carbonyl (C=O) groups is 3. The molecule has 1 fully saturated rings. The van der Waals surface area contributed by atoms with Crippen molar-refractivity contribution in [3.63, 3.8) is 0 Å². The first-order chi connectivity index (χ1) is 19.4. The van der Waals surface area contributed by atoms with Gasteiger partial charge in [-0.1, -0.05) is 6.07 Å². The van der Waals surface area contributed by atoms with Crippen molar-refractivity contribution >= 4 is 34.3 Å². The fourth-order valence-corrected chi connectivity index (χ4v) is 4.58. The van der Waals surface area contributed by atoms with Crippen LogP contribution in [0.1, 0.15) is 35.4 Å². The number of aryl methyl sites for hydroxylation is 1. The van der Waals surface area contributed by atoms with Crippen molar-refractivity contribution in [3.8, 4) is 11.1 Å². The number of alkyl halides is 4. The van der Waals surface area contributed by atoms with Crippen LogP contribution in [-0.4, -0.2) is 71.0 Å². The maximum atomic E-state index is 14.4. The first-order valence-electron chi connectivity index (χ1n) is 12.3. The second-order valence-electron chi connectivity index (χ2n) is 9.48. The van der Waals surface area contributed by atoms with Crippen molar-refractivity contribution in [1.29, 1.82) is 0 Å². The number of amides is 2. The molecule has 1 aliphatic rings. The number of anilines is 1. The Morgan fingerprint density at radius 1 is 1.07 bits per heavy atom. The molecule has 2 atom stereocenters. The zero-order chi connectivity index (χ0) is 29.5. The lowest BCUT2D eigenvalue weighted by Gasteiger charge is -2.23. The van der Waals surface area contributed by atoms with Gasteiger partial charge in [0.25, 0.3) is 0 Å². The predicted octanol–water partition coefficient (Wildman–Crippen LogP) is 3.39. The van der Waals surface area contributed by atoms with Crippen LogP contribution >= 0.6 is 0 Å². The highest BCUT2D eigenvalue weighted by atomic mass is 19.4. The normalized spacial score (nSPS) is 17.2. The van der Waals surface area contributed by atoms with Gasteiger partial charge in [0.15, 0.2) is 17.3 Å². The number of ketones is 1. The minimum Gasteiger partial charge on any atom is -0.326 e. The molecule has 1 aliphatic heterocycles. The van der Waals surface area contributed by atoms with Crippen molar-refractivity contribution in [2.75, 3.05) is 11.9 Å². The number of hydrogen-bond acceptors (Lipinski definition) is 8. The molecule has 0 radical (unpaired) electrons. The van der Waals surface area contributed by atoms with Crippen LogP contribution in [0.25, 0.3) is 22.0 Å². The molecule has 2 amide bonds. The standard InChI is InChI=1S/C26H22F4N8O3/c1-13(39)24-18-5-15(16-7-32-14(2)33-8-16)3-4-19(18)38(36-24)12-23(40)37-11-17(27)6-20(37)25(41)35-22-10-31-9-21(34-22)26(28,29)30/h3-5,7-10,17,20H,6,11-12H2,1-2H3,(H,34,35,41)/t17-,20+/m1/s1. The van der Waals surface area contributed by atoms with Gasteiger partial charge in [-0.25, -0.2) is 19.3 Å². The lowest BCUT2D eigenvalue weighted by atomic mass is 10.0. The fourth-order valence-electron chi connectivity index (χ4n) is 4.58. The second-order valence-corrected chi connectivity index (χ2v) is 9.48. The largest absolute Gasteiger partial charge is 0.434 e. The van der Waals surface area contributed by atoms with E-state index in [0.29, 0.717) is 28.5 Å². The van der Waals surface area contributed by atoms with Crippen LogP contribution in [0.4, 0.5) is 23.4 Å². The summed E-state index contributed by atoms with van der Waals surface area (Å²) in [6.45, 7) is 2.26. The van der Waals surface area contributed by atoms with Gasteiger partial charge in [0.2, 0.25) is 11.8 Å². The summed E-state index contributed by atoms with van der Waals surface area (Å²) in [7, 11) is 0. The minimum atomic E-state index is -4.78. The summed E-state index contributed by atoms with van der Waals surface area (Å²) in [5.41, 5.74) is 0.686. The van der Waals surface area contributed by atoms with Crippen molar-refractivity contribution < 1.29 is 31.9 Å². The molecule has 212 valence electrons. The van der Waals surface area contributed by atoms with Crippen LogP contribution in [0.15, 0.2) is 43.0 Å². The monoisotopic (exact) mass is 570 g/mol. The number of nitrogens with zero attached hydrogens (tertiary/aromatic N) is 7. The van der Waals surface area contributed by atoms with Gasteiger partial charge in [0, 0.05) is 36.7 Å². The quantitative estimate of drug-likeness (QED) is 0.275. The average Bonchev–Trinajstić information content (AvgIpc) is 3.49. The molecule has 11 nitrogen and oxygen atoms in total. The Kier molecular flexibility index (Phi) is 7.19. The number of fused-ring (bicyclic) bond motifs is 1. The molecule has 41 heavy (non-hydrogen) atoms. The van der Waals surface area contributed by atoms with Gasteiger partial charge >= 0.3 is 6.18 Å². The van der Waals surface area contributed by atoms with E-state index in [0.717, 1.165) is 16.7 Å². The highest BCUT2D eigenvalue weighted by molar-refractivity contribution is 6.06. The summed E-state index contributed by atoms with van der Waals surface area (Å²) in [5, 5.41) is 6.97. The summed E-state index contributed by atoms with van der Waals surface area (Å²) in [5.74, 6) is -1.82. The Bertz CT molecular complexity index is 1650. The molecule has 1 saturated heterocycles. The summed E-state index contributed by atoms with van der Waals surface area (Å²) in [6.07, 6.45) is -1.98. The molecule has 0 aliphatic carbocycles. The number of Topliss-reactive ketones (excluding diaryl/α,β-unsaturated/α-hetero) is 1. The SMILES string of the molecule is CC(=O)c1nn(CC(=O)N2C[C@H](F)C[C@H]2C(=O)Nc2cncc(C(F)(F)F)n2)c2ccc(-c3cnc(C)nc3)cc12. The van der Waals surface area contributed by atoms with Gasteiger partial charge in [0.05, 0.1) is 24.5 Å². The van der Waals surface area contributed by atoms with Crippen LogP contribution in [0.5, 0.6) is 0 Å². The number of halogens is 4. The lowest BCUT2D eigenvalue weighted by Crippen LogP contribution is -2.44. The molecular weight excluding hydrogens is 548 g/mol. The third kappa shape index (κ3) is 5.73. The molecule has 0 unspecified atom stereocenters. The fraction of sp³-hybridized carbons (Fsp3) is 0.308. The molecule has 4 heterocycles. The zero-order valence-electron chi connectivity index (χ0n) is 21.7. The summed E-state index contributed by atoms with van der Waals surface area (Å²) in [6, 6.07) is 3.85. The van der Waals surface area contributed by atoms with Crippen LogP contribution in [0.3, 0.4) is 0 Å². The molecular formula is C26H22F4N8O3. The summed E-state index contributed by atoms with van der Waals surface area (Å²) < 4.78 is 54.6. The maximum absolute atomic E-state index is 14.4. The molecule has 3 aromatic heterocycles. The van der Waals surface area contributed by atoms with E-state index in [1.54, 1.807) is 37.5 Å². The zero-order valence-corrected chi connectivity index (χ0v) is 21.7. The molecule has 5 rings (SSSR count). The third-order valence-electron chi connectivity index (χ3n) is 6.53. The smallest absolute Gasteiger partial charge is 0.326 e. The van der Waals surface area contributed by atoms with Crippen LogP contribution in [-0.2, 0) is 22.3 Å². The number of aromatic nitrogens is 6. The van der Waals surface area contributed by atoms with Gasteiger partial charge in [-0.3, -0.25) is 24.0 Å².